The summed E-state index contributed by atoms with van der Waals surface area (Å²) >= 11 is 0. The van der Waals surface area contributed by atoms with Crippen LogP contribution in [0.1, 0.15) is 32.4 Å². The van der Waals surface area contributed by atoms with Crippen LogP contribution in [0.4, 0.5) is 5.69 Å². The highest BCUT2D eigenvalue weighted by molar-refractivity contribution is 5.95. The third-order valence-corrected chi connectivity index (χ3v) is 5.14. The Morgan fingerprint density at radius 3 is 2.41 bits per heavy atom. The van der Waals surface area contributed by atoms with Gasteiger partial charge in [-0.2, -0.15) is 0 Å². The second-order valence-electron chi connectivity index (χ2n) is 6.66. The zero-order chi connectivity index (χ0) is 19.3. The van der Waals surface area contributed by atoms with E-state index in [2.05, 4.69) is 10.3 Å². The topological polar surface area (TPSA) is 81.7 Å². The van der Waals surface area contributed by atoms with Crippen LogP contribution in [0.25, 0.3) is 5.65 Å². The van der Waals surface area contributed by atoms with Gasteiger partial charge in [0.15, 0.2) is 0 Å². The number of carbonyl (C=O) groups excluding carboxylic acids is 1. The van der Waals surface area contributed by atoms with Gasteiger partial charge in [0.25, 0.3) is 0 Å². The van der Waals surface area contributed by atoms with Crippen LogP contribution in [-0.2, 0) is 11.4 Å². The second-order valence-corrected chi connectivity index (χ2v) is 6.66. The molecule has 0 saturated carbocycles. The van der Waals surface area contributed by atoms with Crippen LogP contribution < -0.4 is 15.8 Å². The molecular formula is C21H28Cl2N4O2. The summed E-state index contributed by atoms with van der Waals surface area (Å²) in [5.74, 6) is 0.689. The van der Waals surface area contributed by atoms with E-state index in [4.69, 9.17) is 10.5 Å². The first-order valence-electron chi connectivity index (χ1n) is 9.27. The van der Waals surface area contributed by atoms with Gasteiger partial charge < -0.3 is 20.2 Å². The Morgan fingerprint density at radius 2 is 1.83 bits per heavy atom. The largest absolute Gasteiger partial charge is 0.487 e. The summed E-state index contributed by atoms with van der Waals surface area (Å²) in [6.45, 7) is 4.71. The van der Waals surface area contributed by atoms with Gasteiger partial charge in [-0.1, -0.05) is 19.9 Å². The van der Waals surface area contributed by atoms with Gasteiger partial charge in [-0.25, -0.2) is 4.98 Å². The van der Waals surface area contributed by atoms with Crippen molar-refractivity contribution < 1.29 is 9.53 Å². The van der Waals surface area contributed by atoms with Gasteiger partial charge in [-0.3, -0.25) is 4.79 Å². The maximum atomic E-state index is 12.6. The number of nitrogens with one attached hydrogen (secondary N) is 1. The van der Waals surface area contributed by atoms with Crippen LogP contribution in [0, 0.1) is 5.41 Å². The van der Waals surface area contributed by atoms with Crippen LogP contribution in [0.5, 0.6) is 5.75 Å². The molecule has 3 aromatic rings. The predicted molar refractivity (Wildman–Crippen MR) is 121 cm³/mol. The molecule has 6 nitrogen and oxygen atoms in total. The zero-order valence-corrected chi connectivity index (χ0v) is 18.3. The smallest absolute Gasteiger partial charge is 0.231 e. The van der Waals surface area contributed by atoms with E-state index in [0.29, 0.717) is 26.0 Å². The van der Waals surface area contributed by atoms with Gasteiger partial charge >= 0.3 is 0 Å². The molecule has 0 radical (unpaired) electrons. The summed E-state index contributed by atoms with van der Waals surface area (Å²) in [7, 11) is 0. The molecule has 2 heterocycles. The van der Waals surface area contributed by atoms with Crippen molar-refractivity contribution in [3.8, 4) is 5.75 Å². The lowest BCUT2D eigenvalue weighted by Crippen LogP contribution is -2.41. The fourth-order valence-corrected chi connectivity index (χ4v) is 3.06. The molecule has 3 rings (SSSR count). The van der Waals surface area contributed by atoms with Gasteiger partial charge in [0.05, 0.1) is 11.1 Å². The first-order chi connectivity index (χ1) is 13.1. The van der Waals surface area contributed by atoms with Crippen molar-refractivity contribution in [2.45, 2.75) is 33.3 Å². The SMILES string of the molecule is CCC(CC)(CN)C(=O)Nc1ccc(OCc2cn3ccccc3n2)cc1.Cl.Cl. The number of amides is 1. The molecule has 0 aliphatic rings. The number of fused-ring (bicyclic) bond motifs is 1. The summed E-state index contributed by atoms with van der Waals surface area (Å²) in [5.41, 5.74) is 7.81. The van der Waals surface area contributed by atoms with Crippen LogP contribution in [-0.4, -0.2) is 21.8 Å². The molecule has 2 aromatic heterocycles. The quantitative estimate of drug-likeness (QED) is 0.543. The number of aromatic nitrogens is 2. The lowest BCUT2D eigenvalue weighted by Gasteiger charge is -2.28. The summed E-state index contributed by atoms with van der Waals surface area (Å²) in [5, 5.41) is 2.96. The maximum absolute atomic E-state index is 12.6. The molecule has 3 N–H and O–H groups in total. The standard InChI is InChI=1S/C21H26N4O2.2ClH/c1-3-21(4-2,15-22)20(26)24-16-8-10-18(11-9-16)27-14-17-13-25-12-6-5-7-19(25)23-17;;/h5-13H,3-4,14-15,22H2,1-2H3,(H,24,26);2*1H. The van der Waals surface area contributed by atoms with E-state index >= 15 is 0 Å². The van der Waals surface area contributed by atoms with E-state index in [1.54, 1.807) is 0 Å². The minimum absolute atomic E-state index is 0. The highest BCUT2D eigenvalue weighted by atomic mass is 35.5. The van der Waals surface area contributed by atoms with Crippen LogP contribution in [0.2, 0.25) is 0 Å². The molecule has 0 atom stereocenters. The zero-order valence-electron chi connectivity index (χ0n) is 16.6. The molecule has 29 heavy (non-hydrogen) atoms. The molecule has 0 saturated heterocycles. The van der Waals surface area contributed by atoms with Gasteiger partial charge in [-0.05, 0) is 49.2 Å². The molecule has 0 aliphatic heterocycles. The number of pyridine rings is 1. The molecule has 158 valence electrons. The lowest BCUT2D eigenvalue weighted by molar-refractivity contribution is -0.125. The van der Waals surface area contributed by atoms with Crippen molar-refractivity contribution in [1.29, 1.82) is 0 Å². The monoisotopic (exact) mass is 438 g/mol. The Morgan fingerprint density at radius 1 is 1.14 bits per heavy atom. The van der Waals surface area contributed by atoms with Gasteiger partial charge in [0, 0.05) is 24.6 Å². The number of carbonyl (C=O) groups is 1. The average molecular weight is 439 g/mol. The van der Waals surface area contributed by atoms with Crippen molar-refractivity contribution in [2.24, 2.45) is 11.1 Å². The average Bonchev–Trinajstić information content (AvgIpc) is 3.12. The highest BCUT2D eigenvalue weighted by Gasteiger charge is 2.33. The number of rotatable bonds is 8. The number of hydrogen-bond donors (Lipinski definition) is 2. The molecular weight excluding hydrogens is 411 g/mol. The maximum Gasteiger partial charge on any atom is 0.231 e. The van der Waals surface area contributed by atoms with E-state index in [1.807, 2.05) is 73.1 Å². The predicted octanol–water partition coefficient (Wildman–Crippen LogP) is 4.46. The lowest BCUT2D eigenvalue weighted by atomic mass is 9.81. The number of nitrogens with zero attached hydrogens (tertiary/aromatic N) is 2. The number of halogens is 2. The van der Waals surface area contributed by atoms with E-state index < -0.39 is 5.41 Å². The Labute approximate surface area is 183 Å². The van der Waals surface area contributed by atoms with Crippen molar-refractivity contribution in [1.82, 2.24) is 9.38 Å². The van der Waals surface area contributed by atoms with Crippen molar-refractivity contribution in [3.63, 3.8) is 0 Å². The van der Waals surface area contributed by atoms with Gasteiger partial charge in [0.2, 0.25) is 5.91 Å². The Kier molecular flexibility index (Phi) is 9.43. The normalized spacial score (nSPS) is 10.7. The Balaban J connectivity index is 0.00000210. The number of hydrogen-bond acceptors (Lipinski definition) is 4. The van der Waals surface area contributed by atoms with E-state index in [-0.39, 0.29) is 30.7 Å². The minimum atomic E-state index is -0.516. The third kappa shape index (κ3) is 5.63. The summed E-state index contributed by atoms with van der Waals surface area (Å²) in [6.07, 6.45) is 5.33. The van der Waals surface area contributed by atoms with Crippen LogP contribution in [0.15, 0.2) is 54.9 Å². The molecule has 8 heteroatoms. The number of anilines is 1. The Hall–Kier alpha value is -2.28. The molecule has 0 aliphatic carbocycles. The van der Waals surface area contributed by atoms with E-state index in [1.165, 1.54) is 0 Å². The first kappa shape index (κ1) is 24.8. The molecule has 0 bridgehead atoms. The van der Waals surface area contributed by atoms with Crippen molar-refractivity contribution in [3.05, 3.63) is 60.6 Å². The Bertz CT molecular complexity index is 867. The van der Waals surface area contributed by atoms with Crippen LogP contribution >= 0.6 is 24.8 Å². The van der Waals surface area contributed by atoms with Crippen LogP contribution in [0.3, 0.4) is 0 Å². The van der Waals surface area contributed by atoms with Gasteiger partial charge in [-0.15, -0.1) is 24.8 Å². The van der Waals surface area contributed by atoms with Gasteiger partial charge in [0.1, 0.15) is 18.0 Å². The van der Waals surface area contributed by atoms with E-state index in [9.17, 15) is 4.79 Å². The van der Waals surface area contributed by atoms with Crippen molar-refractivity contribution in [2.75, 3.05) is 11.9 Å². The molecule has 1 amide bonds. The summed E-state index contributed by atoms with van der Waals surface area (Å²) < 4.78 is 7.76. The molecule has 0 fully saturated rings. The highest BCUT2D eigenvalue weighted by Crippen LogP contribution is 2.27. The number of ether oxygens (including phenoxy) is 1. The van der Waals surface area contributed by atoms with Crippen molar-refractivity contribution >= 4 is 42.1 Å². The minimum Gasteiger partial charge on any atom is -0.487 e. The fourth-order valence-electron chi connectivity index (χ4n) is 3.06. The second kappa shape index (κ2) is 11.0. The summed E-state index contributed by atoms with van der Waals surface area (Å²) in [6, 6.07) is 13.2. The number of imidazole rings is 1. The molecule has 0 unspecified atom stereocenters. The molecule has 0 spiro atoms. The number of nitrogens with two attached hydrogens (primary N) is 1. The fraction of sp³-hybridized carbons (Fsp3) is 0.333. The third-order valence-electron chi connectivity index (χ3n) is 5.14. The number of benzene rings is 1. The summed E-state index contributed by atoms with van der Waals surface area (Å²) in [4.78, 5) is 17.1. The molecule has 1 aromatic carbocycles. The first-order valence-corrected chi connectivity index (χ1v) is 9.27. The van der Waals surface area contributed by atoms with E-state index in [0.717, 1.165) is 22.8 Å².